The van der Waals surface area contributed by atoms with Gasteiger partial charge in [-0.1, -0.05) is 0 Å². The topological polar surface area (TPSA) is 60.0 Å². The Morgan fingerprint density at radius 1 is 1.26 bits per heavy atom. The van der Waals surface area contributed by atoms with Crippen LogP contribution in [0, 0.1) is 0 Å². The Labute approximate surface area is 138 Å². The molecule has 4 atom stereocenters. The van der Waals surface area contributed by atoms with Crippen LogP contribution in [-0.2, 0) is 19.0 Å². The third kappa shape index (κ3) is 3.71. The SMILES string of the molecule is C[C@@H]1CC[C@H](C)N1[C@H](C)C(=O)NC[C@@H]1COC2(CCOCC2)O1. The molecule has 0 aromatic heterocycles. The molecule has 3 saturated heterocycles. The first-order chi connectivity index (χ1) is 11.0. The molecule has 0 aromatic carbocycles. The van der Waals surface area contributed by atoms with Crippen LogP contribution in [0.4, 0.5) is 0 Å². The quantitative estimate of drug-likeness (QED) is 0.843. The van der Waals surface area contributed by atoms with E-state index < -0.39 is 5.79 Å². The Morgan fingerprint density at radius 2 is 1.91 bits per heavy atom. The molecule has 0 unspecified atom stereocenters. The van der Waals surface area contributed by atoms with E-state index in [0.29, 0.717) is 38.4 Å². The highest BCUT2D eigenvalue weighted by Crippen LogP contribution is 2.33. The van der Waals surface area contributed by atoms with Gasteiger partial charge in [0.05, 0.1) is 25.9 Å². The van der Waals surface area contributed by atoms with E-state index in [1.54, 1.807) is 0 Å². The van der Waals surface area contributed by atoms with E-state index in [0.717, 1.165) is 12.8 Å². The summed E-state index contributed by atoms with van der Waals surface area (Å²) in [7, 11) is 0. The predicted molar refractivity (Wildman–Crippen MR) is 86.1 cm³/mol. The molecular weight excluding hydrogens is 296 g/mol. The smallest absolute Gasteiger partial charge is 0.237 e. The molecule has 1 spiro atoms. The van der Waals surface area contributed by atoms with E-state index in [-0.39, 0.29) is 18.1 Å². The molecule has 1 N–H and O–H groups in total. The molecule has 1 amide bonds. The van der Waals surface area contributed by atoms with Crippen LogP contribution >= 0.6 is 0 Å². The van der Waals surface area contributed by atoms with Crippen LogP contribution in [0.3, 0.4) is 0 Å². The maximum Gasteiger partial charge on any atom is 0.237 e. The van der Waals surface area contributed by atoms with Gasteiger partial charge in [0.2, 0.25) is 5.91 Å². The number of rotatable bonds is 4. The van der Waals surface area contributed by atoms with E-state index >= 15 is 0 Å². The molecule has 3 aliphatic heterocycles. The minimum Gasteiger partial charge on any atom is -0.381 e. The van der Waals surface area contributed by atoms with Crippen LogP contribution in [0.15, 0.2) is 0 Å². The zero-order chi connectivity index (χ0) is 16.4. The van der Waals surface area contributed by atoms with E-state index in [1.165, 1.54) is 12.8 Å². The number of hydrogen-bond acceptors (Lipinski definition) is 5. The zero-order valence-corrected chi connectivity index (χ0v) is 14.5. The molecule has 23 heavy (non-hydrogen) atoms. The minimum atomic E-state index is -0.475. The molecule has 132 valence electrons. The van der Waals surface area contributed by atoms with Crippen LogP contribution in [0.1, 0.15) is 46.5 Å². The second-order valence-corrected chi connectivity index (χ2v) is 7.22. The lowest BCUT2D eigenvalue weighted by molar-refractivity contribution is -0.210. The van der Waals surface area contributed by atoms with Crippen molar-refractivity contribution in [2.45, 2.75) is 76.5 Å². The second kappa shape index (κ2) is 7.05. The highest BCUT2D eigenvalue weighted by molar-refractivity contribution is 5.81. The molecule has 6 nitrogen and oxygen atoms in total. The van der Waals surface area contributed by atoms with Crippen molar-refractivity contribution in [3.63, 3.8) is 0 Å². The Hall–Kier alpha value is -0.690. The van der Waals surface area contributed by atoms with Gasteiger partial charge < -0.3 is 19.5 Å². The van der Waals surface area contributed by atoms with Gasteiger partial charge in [0.1, 0.15) is 6.10 Å². The molecule has 0 aromatic rings. The summed E-state index contributed by atoms with van der Waals surface area (Å²) in [5.41, 5.74) is 0. The molecule has 6 heteroatoms. The van der Waals surface area contributed by atoms with Crippen molar-refractivity contribution < 1.29 is 19.0 Å². The Morgan fingerprint density at radius 3 is 2.57 bits per heavy atom. The summed E-state index contributed by atoms with van der Waals surface area (Å²) in [6.45, 7) is 8.83. The number of ether oxygens (including phenoxy) is 3. The van der Waals surface area contributed by atoms with Gasteiger partial charge in [-0.05, 0) is 33.6 Å². The summed E-state index contributed by atoms with van der Waals surface area (Å²) < 4.78 is 17.3. The van der Waals surface area contributed by atoms with E-state index in [9.17, 15) is 4.79 Å². The molecule has 0 radical (unpaired) electrons. The monoisotopic (exact) mass is 326 g/mol. The molecule has 0 saturated carbocycles. The highest BCUT2D eigenvalue weighted by Gasteiger charge is 2.43. The first-order valence-corrected chi connectivity index (χ1v) is 8.95. The van der Waals surface area contributed by atoms with Crippen LogP contribution in [0.25, 0.3) is 0 Å². The Bertz CT molecular complexity index is 415. The van der Waals surface area contributed by atoms with Crippen molar-refractivity contribution in [3.8, 4) is 0 Å². The number of nitrogens with one attached hydrogen (secondary N) is 1. The van der Waals surface area contributed by atoms with Crippen molar-refractivity contribution in [1.82, 2.24) is 10.2 Å². The van der Waals surface area contributed by atoms with Crippen molar-refractivity contribution in [2.75, 3.05) is 26.4 Å². The molecule has 3 rings (SSSR count). The number of likely N-dealkylation sites (tertiary alicyclic amines) is 1. The maximum absolute atomic E-state index is 12.5. The normalized spacial score (nSPS) is 35.5. The first kappa shape index (κ1) is 17.1. The van der Waals surface area contributed by atoms with Gasteiger partial charge in [0.25, 0.3) is 0 Å². The molecule has 3 aliphatic rings. The molecule has 0 bridgehead atoms. The van der Waals surface area contributed by atoms with Crippen molar-refractivity contribution >= 4 is 5.91 Å². The average molecular weight is 326 g/mol. The Kier molecular flexibility index (Phi) is 5.26. The third-order valence-corrected chi connectivity index (χ3v) is 5.52. The fourth-order valence-corrected chi connectivity index (χ4v) is 4.14. The summed E-state index contributed by atoms with van der Waals surface area (Å²) in [5, 5.41) is 3.05. The molecule has 0 aliphatic carbocycles. The standard InChI is InChI=1S/C17H30N2O4/c1-12-4-5-13(2)19(12)14(3)16(20)18-10-15-11-22-17(23-15)6-8-21-9-7-17/h12-15H,4-11H2,1-3H3,(H,18,20)/t12-,13+,14-,15-/m1/s1. The number of hydrogen-bond donors (Lipinski definition) is 1. The minimum absolute atomic E-state index is 0.0577. The van der Waals surface area contributed by atoms with Gasteiger partial charge >= 0.3 is 0 Å². The molecular formula is C17H30N2O4. The van der Waals surface area contributed by atoms with Gasteiger partial charge in [0.15, 0.2) is 5.79 Å². The fraction of sp³-hybridized carbons (Fsp3) is 0.941. The summed E-state index contributed by atoms with van der Waals surface area (Å²) in [6.07, 6.45) is 3.83. The number of amides is 1. The second-order valence-electron chi connectivity index (χ2n) is 7.22. The van der Waals surface area contributed by atoms with Crippen LogP contribution in [-0.4, -0.2) is 67.2 Å². The van der Waals surface area contributed by atoms with Gasteiger partial charge in [0, 0.05) is 31.5 Å². The summed E-state index contributed by atoms with van der Waals surface area (Å²) in [6, 6.07) is 0.853. The molecule has 3 fully saturated rings. The third-order valence-electron chi connectivity index (χ3n) is 5.52. The lowest BCUT2D eigenvalue weighted by Gasteiger charge is -2.32. The first-order valence-electron chi connectivity index (χ1n) is 8.95. The van der Waals surface area contributed by atoms with Crippen LogP contribution in [0.2, 0.25) is 0 Å². The lowest BCUT2D eigenvalue weighted by Crippen LogP contribution is -2.50. The van der Waals surface area contributed by atoms with Gasteiger partial charge in [-0.3, -0.25) is 9.69 Å². The van der Waals surface area contributed by atoms with E-state index in [4.69, 9.17) is 14.2 Å². The maximum atomic E-state index is 12.5. The predicted octanol–water partition coefficient (Wildman–Crippen LogP) is 1.29. The van der Waals surface area contributed by atoms with Crippen molar-refractivity contribution in [2.24, 2.45) is 0 Å². The van der Waals surface area contributed by atoms with Gasteiger partial charge in [-0.25, -0.2) is 0 Å². The van der Waals surface area contributed by atoms with E-state index in [2.05, 4.69) is 24.1 Å². The van der Waals surface area contributed by atoms with Crippen molar-refractivity contribution in [1.29, 1.82) is 0 Å². The molecule has 3 heterocycles. The fourth-order valence-electron chi connectivity index (χ4n) is 4.14. The number of nitrogens with zero attached hydrogens (tertiary/aromatic N) is 1. The summed E-state index contributed by atoms with van der Waals surface area (Å²) in [4.78, 5) is 14.8. The van der Waals surface area contributed by atoms with Gasteiger partial charge in [-0.2, -0.15) is 0 Å². The van der Waals surface area contributed by atoms with Crippen LogP contribution in [0.5, 0.6) is 0 Å². The average Bonchev–Trinajstić information content (AvgIpc) is 3.09. The van der Waals surface area contributed by atoms with Crippen molar-refractivity contribution in [3.05, 3.63) is 0 Å². The number of carbonyl (C=O) groups is 1. The zero-order valence-electron chi connectivity index (χ0n) is 14.5. The number of carbonyl (C=O) groups excluding carboxylic acids is 1. The summed E-state index contributed by atoms with van der Waals surface area (Å²) >= 11 is 0. The largest absolute Gasteiger partial charge is 0.381 e. The Balaban J connectivity index is 1.46. The van der Waals surface area contributed by atoms with Crippen LogP contribution < -0.4 is 5.32 Å². The van der Waals surface area contributed by atoms with Gasteiger partial charge in [-0.15, -0.1) is 0 Å². The summed E-state index contributed by atoms with van der Waals surface area (Å²) in [5.74, 6) is -0.390. The lowest BCUT2D eigenvalue weighted by atomic mass is 10.1. The highest BCUT2D eigenvalue weighted by atomic mass is 16.7. The van der Waals surface area contributed by atoms with E-state index in [1.807, 2.05) is 6.92 Å².